The maximum atomic E-state index is 7.15. The van der Waals surface area contributed by atoms with Crippen molar-refractivity contribution in [1.82, 2.24) is 0 Å². The fraction of sp³-hybridized carbons (Fsp3) is 0.889. The van der Waals surface area contributed by atoms with E-state index in [4.69, 9.17) is 11.0 Å². The van der Waals surface area contributed by atoms with Crippen molar-refractivity contribution in [2.45, 2.75) is 51.0 Å². The minimum Gasteiger partial charge on any atom is -0.351 e. The van der Waals surface area contributed by atoms with Gasteiger partial charge in [0.05, 0.1) is 12.8 Å². The van der Waals surface area contributed by atoms with Crippen LogP contribution in [0.3, 0.4) is 0 Å². The summed E-state index contributed by atoms with van der Waals surface area (Å²) >= 11 is 0. The second-order valence-electron chi connectivity index (χ2n) is 4.48. The molecule has 0 N–H and O–H groups in total. The van der Waals surface area contributed by atoms with Crippen molar-refractivity contribution >= 4 is 8.32 Å². The molecule has 0 saturated heterocycles. The third kappa shape index (κ3) is 2.33. The van der Waals surface area contributed by atoms with Gasteiger partial charge in [-0.05, 0) is 32.5 Å². The van der Waals surface area contributed by atoms with Gasteiger partial charge in [0.1, 0.15) is 0 Å². The van der Waals surface area contributed by atoms with E-state index in [0.717, 1.165) is 25.7 Å². The molecule has 1 fully saturated rings. The van der Waals surface area contributed by atoms with E-state index in [1.807, 2.05) is 0 Å². The standard InChI is InChI=1S/C9H17NOSi/c1-10-9(7-5-6-8-9)11-12(2,3)4/h5-8H2,2-4H3. The van der Waals surface area contributed by atoms with E-state index >= 15 is 0 Å². The number of hydrogen-bond donors (Lipinski definition) is 0. The molecule has 0 unspecified atom stereocenters. The van der Waals surface area contributed by atoms with Gasteiger partial charge in [-0.15, -0.1) is 0 Å². The SMILES string of the molecule is [C-]#[N+]C1(O[Si](C)(C)C)CCCC1. The Labute approximate surface area is 75.9 Å². The molecule has 0 bridgehead atoms. The van der Waals surface area contributed by atoms with E-state index in [2.05, 4.69) is 24.5 Å². The van der Waals surface area contributed by atoms with Gasteiger partial charge in [-0.3, -0.25) is 4.85 Å². The van der Waals surface area contributed by atoms with Crippen LogP contribution in [-0.4, -0.2) is 14.0 Å². The van der Waals surface area contributed by atoms with Crippen LogP contribution in [0, 0.1) is 6.57 Å². The van der Waals surface area contributed by atoms with Gasteiger partial charge in [0.25, 0.3) is 0 Å². The molecular weight excluding hydrogens is 166 g/mol. The van der Waals surface area contributed by atoms with E-state index in [0.29, 0.717) is 0 Å². The molecule has 0 atom stereocenters. The van der Waals surface area contributed by atoms with E-state index in [1.165, 1.54) is 0 Å². The van der Waals surface area contributed by atoms with Gasteiger partial charge in [-0.2, -0.15) is 0 Å². The van der Waals surface area contributed by atoms with E-state index in [1.54, 1.807) is 0 Å². The minimum absolute atomic E-state index is 0.426. The highest BCUT2D eigenvalue weighted by atomic mass is 28.4. The first-order valence-electron chi connectivity index (χ1n) is 4.56. The first-order chi connectivity index (χ1) is 5.47. The maximum Gasteiger partial charge on any atom is 0.328 e. The molecule has 3 heteroatoms. The molecule has 1 saturated carbocycles. The fourth-order valence-corrected chi connectivity index (χ4v) is 3.12. The summed E-state index contributed by atoms with van der Waals surface area (Å²) < 4.78 is 5.92. The van der Waals surface area contributed by atoms with Gasteiger partial charge < -0.3 is 4.43 Å². The molecule has 0 radical (unpaired) electrons. The van der Waals surface area contributed by atoms with Crippen LogP contribution in [0.4, 0.5) is 0 Å². The highest BCUT2D eigenvalue weighted by molar-refractivity contribution is 6.69. The lowest BCUT2D eigenvalue weighted by atomic mass is 10.2. The molecule has 0 aromatic rings. The molecule has 1 aliphatic rings. The Hall–Kier alpha value is -0.333. The van der Waals surface area contributed by atoms with Gasteiger partial charge in [0, 0.05) is 0 Å². The number of nitrogens with zero attached hydrogens (tertiary/aromatic N) is 1. The molecule has 12 heavy (non-hydrogen) atoms. The lowest BCUT2D eigenvalue weighted by Crippen LogP contribution is -2.38. The van der Waals surface area contributed by atoms with Crippen molar-refractivity contribution in [2.24, 2.45) is 0 Å². The van der Waals surface area contributed by atoms with Gasteiger partial charge in [0.15, 0.2) is 8.32 Å². The zero-order chi connectivity index (χ0) is 9.24. The Bertz CT molecular complexity index is 196. The third-order valence-electron chi connectivity index (χ3n) is 2.08. The molecule has 0 aromatic carbocycles. The Balaban J connectivity index is 2.64. The third-order valence-corrected chi connectivity index (χ3v) is 3.08. The summed E-state index contributed by atoms with van der Waals surface area (Å²) in [6, 6.07) is 0. The molecule has 0 spiro atoms. The second kappa shape index (κ2) is 3.19. The Kier molecular flexibility index (Phi) is 2.60. The van der Waals surface area contributed by atoms with Crippen molar-refractivity contribution in [1.29, 1.82) is 0 Å². The molecule has 0 amide bonds. The lowest BCUT2D eigenvalue weighted by Gasteiger charge is -2.25. The smallest absolute Gasteiger partial charge is 0.328 e. The van der Waals surface area contributed by atoms with Crippen molar-refractivity contribution in [3.63, 3.8) is 0 Å². The predicted molar refractivity (Wildman–Crippen MR) is 52.2 cm³/mol. The highest BCUT2D eigenvalue weighted by Gasteiger charge is 2.44. The average molecular weight is 183 g/mol. The van der Waals surface area contributed by atoms with Crippen LogP contribution in [0.25, 0.3) is 4.85 Å². The van der Waals surface area contributed by atoms with E-state index in [9.17, 15) is 0 Å². The zero-order valence-electron chi connectivity index (χ0n) is 8.18. The highest BCUT2D eigenvalue weighted by Crippen LogP contribution is 2.36. The molecule has 2 nitrogen and oxygen atoms in total. The largest absolute Gasteiger partial charge is 0.351 e. The number of rotatable bonds is 2. The molecule has 0 aliphatic heterocycles. The van der Waals surface area contributed by atoms with E-state index in [-0.39, 0.29) is 0 Å². The predicted octanol–water partition coefficient (Wildman–Crippen LogP) is 3.03. The van der Waals surface area contributed by atoms with Gasteiger partial charge in [-0.25, -0.2) is 6.57 Å². The summed E-state index contributed by atoms with van der Waals surface area (Å²) in [6.07, 6.45) is 4.21. The first-order valence-corrected chi connectivity index (χ1v) is 7.97. The Morgan fingerprint density at radius 3 is 2.08 bits per heavy atom. The van der Waals surface area contributed by atoms with Crippen LogP contribution < -0.4 is 0 Å². The molecular formula is C9H17NOSi. The summed E-state index contributed by atoms with van der Waals surface area (Å²) in [6.45, 7) is 13.6. The van der Waals surface area contributed by atoms with Gasteiger partial charge >= 0.3 is 5.72 Å². The average Bonchev–Trinajstić information content (AvgIpc) is 2.34. The summed E-state index contributed by atoms with van der Waals surface area (Å²) in [5.74, 6) is 0. The van der Waals surface area contributed by atoms with Crippen LogP contribution in [-0.2, 0) is 4.43 Å². The minimum atomic E-state index is -1.53. The van der Waals surface area contributed by atoms with E-state index < -0.39 is 14.0 Å². The Morgan fingerprint density at radius 1 is 1.25 bits per heavy atom. The maximum absolute atomic E-state index is 7.15. The summed E-state index contributed by atoms with van der Waals surface area (Å²) in [7, 11) is -1.53. The number of hydrogen-bond acceptors (Lipinski definition) is 1. The topological polar surface area (TPSA) is 13.6 Å². The normalized spacial score (nSPS) is 22.2. The van der Waals surface area contributed by atoms with Crippen molar-refractivity contribution in [2.75, 3.05) is 0 Å². The van der Waals surface area contributed by atoms with Gasteiger partial charge in [-0.1, -0.05) is 0 Å². The summed E-state index contributed by atoms with van der Waals surface area (Å²) in [5, 5.41) is 0. The molecule has 0 heterocycles. The summed E-state index contributed by atoms with van der Waals surface area (Å²) in [4.78, 5) is 3.67. The quantitative estimate of drug-likeness (QED) is 0.474. The van der Waals surface area contributed by atoms with Crippen molar-refractivity contribution in [3.05, 3.63) is 11.4 Å². The van der Waals surface area contributed by atoms with Crippen LogP contribution in [0.15, 0.2) is 0 Å². The molecule has 68 valence electrons. The van der Waals surface area contributed by atoms with Gasteiger partial charge in [0.2, 0.25) is 0 Å². The first kappa shape index (κ1) is 9.75. The van der Waals surface area contributed by atoms with Crippen LogP contribution in [0.1, 0.15) is 25.7 Å². The van der Waals surface area contributed by atoms with Crippen molar-refractivity contribution in [3.8, 4) is 0 Å². The molecule has 1 aliphatic carbocycles. The lowest BCUT2D eigenvalue weighted by molar-refractivity contribution is 0.117. The zero-order valence-corrected chi connectivity index (χ0v) is 9.18. The van der Waals surface area contributed by atoms with Crippen molar-refractivity contribution < 1.29 is 4.43 Å². The monoisotopic (exact) mass is 183 g/mol. The van der Waals surface area contributed by atoms with Crippen LogP contribution in [0.2, 0.25) is 19.6 Å². The molecule has 0 aromatic heterocycles. The molecule has 1 rings (SSSR count). The van der Waals surface area contributed by atoms with Crippen LogP contribution in [0.5, 0.6) is 0 Å². The van der Waals surface area contributed by atoms with Crippen LogP contribution >= 0.6 is 0 Å². The fourth-order valence-electron chi connectivity index (χ4n) is 1.73. The summed E-state index contributed by atoms with van der Waals surface area (Å²) in [5.41, 5.74) is -0.426. The Morgan fingerprint density at radius 2 is 1.75 bits per heavy atom. The second-order valence-corrected chi connectivity index (χ2v) is 8.91.